The second kappa shape index (κ2) is 8.41. The van der Waals surface area contributed by atoms with Gasteiger partial charge in [0.05, 0.1) is 17.7 Å². The molecule has 0 amide bonds. The zero-order chi connectivity index (χ0) is 21.1. The molecule has 0 spiro atoms. The number of piperazine rings is 1. The van der Waals surface area contributed by atoms with Crippen molar-refractivity contribution in [3.63, 3.8) is 0 Å². The van der Waals surface area contributed by atoms with Gasteiger partial charge in [-0.2, -0.15) is 4.31 Å². The minimum atomic E-state index is -3.53. The summed E-state index contributed by atoms with van der Waals surface area (Å²) in [7, 11) is -1.97. The van der Waals surface area contributed by atoms with Gasteiger partial charge in [-0.15, -0.1) is 10.2 Å². The Morgan fingerprint density at radius 1 is 0.867 bits per heavy atom. The molecule has 1 aliphatic heterocycles. The molecule has 4 rings (SSSR count). The van der Waals surface area contributed by atoms with Gasteiger partial charge < -0.3 is 9.64 Å². The molecule has 1 aromatic heterocycles. The second-order valence-electron chi connectivity index (χ2n) is 7.16. The molecular weight excluding hydrogens is 400 g/mol. The smallest absolute Gasteiger partial charge is 0.243 e. The molecule has 3 aromatic rings. The van der Waals surface area contributed by atoms with E-state index in [0.717, 1.165) is 22.6 Å². The Labute approximate surface area is 177 Å². The van der Waals surface area contributed by atoms with Crippen molar-refractivity contribution in [2.75, 3.05) is 38.2 Å². The topological polar surface area (TPSA) is 75.6 Å². The maximum atomic E-state index is 12.9. The maximum Gasteiger partial charge on any atom is 0.243 e. The molecule has 0 aliphatic carbocycles. The summed E-state index contributed by atoms with van der Waals surface area (Å²) in [4.78, 5) is 2.34. The molecule has 1 saturated heterocycles. The second-order valence-corrected chi connectivity index (χ2v) is 9.10. The monoisotopic (exact) mass is 424 g/mol. The SMILES string of the molecule is COc1ccc(S(=O)(=O)N2CCN(c3ccc(-c4ccccc4C)nn3)CC2)cc1. The van der Waals surface area contributed by atoms with Crippen molar-refractivity contribution >= 4 is 15.8 Å². The minimum absolute atomic E-state index is 0.277. The van der Waals surface area contributed by atoms with Gasteiger partial charge in [0.1, 0.15) is 5.75 Å². The predicted octanol–water partition coefficient (Wildman–Crippen LogP) is 2.97. The summed E-state index contributed by atoms with van der Waals surface area (Å²) in [6.45, 7) is 3.97. The first-order valence-electron chi connectivity index (χ1n) is 9.78. The van der Waals surface area contributed by atoms with Crippen molar-refractivity contribution < 1.29 is 13.2 Å². The number of benzene rings is 2. The van der Waals surface area contributed by atoms with E-state index in [-0.39, 0.29) is 4.90 Å². The molecule has 1 fully saturated rings. The van der Waals surface area contributed by atoms with E-state index in [1.165, 1.54) is 4.31 Å². The Bertz CT molecular complexity index is 1110. The Kier molecular flexibility index (Phi) is 5.69. The molecule has 2 heterocycles. The Morgan fingerprint density at radius 2 is 1.57 bits per heavy atom. The molecular formula is C22H24N4O3S. The zero-order valence-electron chi connectivity index (χ0n) is 17.0. The van der Waals surface area contributed by atoms with Gasteiger partial charge in [-0.25, -0.2) is 8.42 Å². The number of methoxy groups -OCH3 is 1. The molecule has 0 N–H and O–H groups in total. The van der Waals surface area contributed by atoms with E-state index in [4.69, 9.17) is 4.74 Å². The highest BCUT2D eigenvalue weighted by molar-refractivity contribution is 7.89. The first-order valence-corrected chi connectivity index (χ1v) is 11.2. The van der Waals surface area contributed by atoms with Crippen LogP contribution in [-0.2, 0) is 10.0 Å². The van der Waals surface area contributed by atoms with Crippen molar-refractivity contribution in [3.8, 4) is 17.0 Å². The molecule has 0 atom stereocenters. The van der Waals surface area contributed by atoms with Crippen LogP contribution in [0.5, 0.6) is 5.75 Å². The number of hydrogen-bond acceptors (Lipinski definition) is 6. The van der Waals surface area contributed by atoms with Gasteiger partial charge in [0.15, 0.2) is 5.82 Å². The summed E-state index contributed by atoms with van der Waals surface area (Å²) < 4.78 is 32.4. The average Bonchev–Trinajstić information content (AvgIpc) is 2.80. The van der Waals surface area contributed by atoms with Crippen molar-refractivity contribution in [1.29, 1.82) is 0 Å². The van der Waals surface area contributed by atoms with Crippen LogP contribution in [0.25, 0.3) is 11.3 Å². The number of ether oxygens (including phenoxy) is 1. The Morgan fingerprint density at radius 3 is 2.17 bits per heavy atom. The molecule has 0 bridgehead atoms. The molecule has 0 saturated carbocycles. The molecule has 30 heavy (non-hydrogen) atoms. The highest BCUT2D eigenvalue weighted by atomic mass is 32.2. The quantitative estimate of drug-likeness (QED) is 0.627. The summed E-state index contributed by atoms with van der Waals surface area (Å²) in [6, 6.07) is 18.5. The number of aromatic nitrogens is 2. The van der Waals surface area contributed by atoms with Crippen molar-refractivity contribution in [3.05, 3.63) is 66.2 Å². The van der Waals surface area contributed by atoms with Gasteiger partial charge >= 0.3 is 0 Å². The van der Waals surface area contributed by atoms with Gasteiger partial charge in [-0.3, -0.25) is 0 Å². The van der Waals surface area contributed by atoms with Crippen LogP contribution in [-0.4, -0.2) is 56.2 Å². The first kappa shape index (κ1) is 20.3. The Hall–Kier alpha value is -2.97. The Balaban J connectivity index is 1.43. The number of nitrogens with zero attached hydrogens (tertiary/aromatic N) is 4. The van der Waals surface area contributed by atoms with Gasteiger partial charge in [0.2, 0.25) is 10.0 Å². The fourth-order valence-corrected chi connectivity index (χ4v) is 4.97. The lowest BCUT2D eigenvalue weighted by Crippen LogP contribution is -2.48. The van der Waals surface area contributed by atoms with Crippen LogP contribution in [0.15, 0.2) is 65.6 Å². The fraction of sp³-hybridized carbons (Fsp3) is 0.273. The highest BCUT2D eigenvalue weighted by Gasteiger charge is 2.29. The van der Waals surface area contributed by atoms with Gasteiger partial charge in [0, 0.05) is 31.7 Å². The van der Waals surface area contributed by atoms with Crippen LogP contribution in [0.4, 0.5) is 5.82 Å². The third-order valence-corrected chi connectivity index (χ3v) is 7.24. The summed E-state index contributed by atoms with van der Waals surface area (Å²) in [5.74, 6) is 1.39. The lowest BCUT2D eigenvalue weighted by Gasteiger charge is -2.34. The summed E-state index contributed by atoms with van der Waals surface area (Å²) in [5.41, 5.74) is 3.04. The van der Waals surface area contributed by atoms with E-state index in [9.17, 15) is 8.42 Å². The number of hydrogen-bond donors (Lipinski definition) is 0. The lowest BCUT2D eigenvalue weighted by molar-refractivity contribution is 0.383. The van der Waals surface area contributed by atoms with Crippen LogP contribution >= 0.6 is 0 Å². The van der Waals surface area contributed by atoms with Crippen molar-refractivity contribution in [2.24, 2.45) is 0 Å². The van der Waals surface area contributed by atoms with Crippen LogP contribution in [0.2, 0.25) is 0 Å². The standard InChI is InChI=1S/C22H24N4O3S/c1-17-5-3-4-6-20(17)21-11-12-22(24-23-21)25-13-15-26(16-14-25)30(27,28)19-9-7-18(29-2)8-10-19/h3-12H,13-16H2,1-2H3. The van der Waals surface area contributed by atoms with Crippen molar-refractivity contribution in [2.45, 2.75) is 11.8 Å². The van der Waals surface area contributed by atoms with E-state index < -0.39 is 10.0 Å². The summed E-state index contributed by atoms with van der Waals surface area (Å²) >= 11 is 0. The highest BCUT2D eigenvalue weighted by Crippen LogP contribution is 2.24. The van der Waals surface area contributed by atoms with E-state index in [1.807, 2.05) is 43.3 Å². The normalized spacial score (nSPS) is 15.2. The molecule has 2 aromatic carbocycles. The lowest BCUT2D eigenvalue weighted by atomic mass is 10.1. The average molecular weight is 425 g/mol. The molecule has 156 valence electrons. The third kappa shape index (κ3) is 4.01. The van der Waals surface area contributed by atoms with Crippen LogP contribution in [0.3, 0.4) is 0 Å². The third-order valence-electron chi connectivity index (χ3n) is 5.33. The maximum absolute atomic E-state index is 12.9. The van der Waals surface area contributed by atoms with Gasteiger partial charge in [-0.05, 0) is 48.9 Å². The van der Waals surface area contributed by atoms with E-state index in [1.54, 1.807) is 31.4 Å². The number of aryl methyl sites for hydroxylation is 1. The minimum Gasteiger partial charge on any atom is -0.497 e. The largest absolute Gasteiger partial charge is 0.497 e. The summed E-state index contributed by atoms with van der Waals surface area (Å²) in [6.07, 6.45) is 0. The summed E-state index contributed by atoms with van der Waals surface area (Å²) in [5, 5.41) is 8.76. The number of sulfonamides is 1. The van der Waals surface area contributed by atoms with E-state index in [2.05, 4.69) is 15.1 Å². The molecule has 8 heteroatoms. The van der Waals surface area contributed by atoms with Crippen LogP contribution in [0.1, 0.15) is 5.56 Å². The van der Waals surface area contributed by atoms with Gasteiger partial charge in [0.25, 0.3) is 0 Å². The number of rotatable bonds is 5. The molecule has 0 unspecified atom stereocenters. The molecule has 7 nitrogen and oxygen atoms in total. The van der Waals surface area contributed by atoms with Crippen molar-refractivity contribution in [1.82, 2.24) is 14.5 Å². The van der Waals surface area contributed by atoms with Crippen LogP contribution in [0, 0.1) is 6.92 Å². The number of anilines is 1. The van der Waals surface area contributed by atoms with E-state index >= 15 is 0 Å². The fourth-order valence-electron chi connectivity index (χ4n) is 3.55. The van der Waals surface area contributed by atoms with E-state index in [0.29, 0.717) is 31.9 Å². The zero-order valence-corrected chi connectivity index (χ0v) is 17.8. The van der Waals surface area contributed by atoms with Gasteiger partial charge in [-0.1, -0.05) is 24.3 Å². The predicted molar refractivity (Wildman–Crippen MR) is 116 cm³/mol. The molecule has 1 aliphatic rings. The van der Waals surface area contributed by atoms with Crippen LogP contribution < -0.4 is 9.64 Å². The molecule has 0 radical (unpaired) electrons. The first-order chi connectivity index (χ1) is 14.5.